The first-order chi connectivity index (χ1) is 10.7. The third-order valence-electron chi connectivity index (χ3n) is 6.16. The number of nitrogens with zero attached hydrogens (tertiary/aromatic N) is 4. The van der Waals surface area contributed by atoms with Gasteiger partial charge in [-0.15, -0.1) is 0 Å². The first-order valence-corrected chi connectivity index (χ1v) is 9.58. The van der Waals surface area contributed by atoms with E-state index in [9.17, 15) is 0 Å². The summed E-state index contributed by atoms with van der Waals surface area (Å²) in [7, 11) is 0. The van der Waals surface area contributed by atoms with E-state index in [1.807, 2.05) is 0 Å². The van der Waals surface area contributed by atoms with E-state index >= 15 is 0 Å². The predicted molar refractivity (Wildman–Crippen MR) is 93.3 cm³/mol. The molecule has 128 valence electrons. The van der Waals surface area contributed by atoms with Gasteiger partial charge in [0.25, 0.3) is 0 Å². The van der Waals surface area contributed by atoms with Crippen molar-refractivity contribution in [2.24, 2.45) is 5.92 Å². The molecule has 22 heavy (non-hydrogen) atoms. The Balaban J connectivity index is 1.31. The van der Waals surface area contributed by atoms with E-state index in [2.05, 4.69) is 40.4 Å². The fraction of sp³-hybridized carbons (Fsp3) is 1.00. The van der Waals surface area contributed by atoms with Crippen LogP contribution in [0.1, 0.15) is 33.6 Å². The van der Waals surface area contributed by atoms with Crippen molar-refractivity contribution < 1.29 is 0 Å². The van der Waals surface area contributed by atoms with E-state index in [1.165, 1.54) is 78.3 Å². The molecular weight excluding hydrogens is 272 g/mol. The first kappa shape index (κ1) is 16.7. The minimum absolute atomic E-state index is 0.718. The van der Waals surface area contributed by atoms with Gasteiger partial charge in [0, 0.05) is 57.9 Å². The monoisotopic (exact) mass is 308 g/mol. The standard InChI is InChI=1S/C18H36N4/c1-4-19-7-5-18(6-8-19)22-14-17(15-22)13-20-9-11-21(12-10-20)16(2)3/h16-18H,4-15H2,1-3H3. The van der Waals surface area contributed by atoms with E-state index in [0.29, 0.717) is 0 Å². The molecule has 4 heteroatoms. The second-order valence-corrected chi connectivity index (χ2v) is 7.92. The third-order valence-corrected chi connectivity index (χ3v) is 6.16. The summed E-state index contributed by atoms with van der Waals surface area (Å²) in [6, 6.07) is 1.60. The Morgan fingerprint density at radius 3 is 2.05 bits per heavy atom. The van der Waals surface area contributed by atoms with Crippen LogP contribution in [0.25, 0.3) is 0 Å². The maximum absolute atomic E-state index is 2.77. The molecule has 3 aliphatic heterocycles. The molecule has 0 aromatic rings. The molecule has 0 unspecified atom stereocenters. The Labute approximate surface area is 137 Å². The molecule has 0 atom stereocenters. The lowest BCUT2D eigenvalue weighted by Crippen LogP contribution is -2.59. The highest BCUT2D eigenvalue weighted by Gasteiger charge is 2.35. The molecule has 4 nitrogen and oxygen atoms in total. The highest BCUT2D eigenvalue weighted by molar-refractivity contribution is 4.90. The van der Waals surface area contributed by atoms with Crippen LogP contribution in [0, 0.1) is 5.92 Å². The molecule has 0 aromatic heterocycles. The summed E-state index contributed by atoms with van der Waals surface area (Å²) >= 11 is 0. The number of rotatable bonds is 5. The van der Waals surface area contributed by atoms with Crippen molar-refractivity contribution in [2.45, 2.75) is 45.7 Å². The number of piperidine rings is 1. The summed E-state index contributed by atoms with van der Waals surface area (Å²) in [5, 5.41) is 0. The largest absolute Gasteiger partial charge is 0.303 e. The maximum Gasteiger partial charge on any atom is 0.0120 e. The molecule has 3 saturated heterocycles. The van der Waals surface area contributed by atoms with E-state index in [-0.39, 0.29) is 0 Å². The van der Waals surface area contributed by atoms with Crippen molar-refractivity contribution in [1.29, 1.82) is 0 Å². The minimum Gasteiger partial charge on any atom is -0.303 e. The first-order valence-electron chi connectivity index (χ1n) is 9.58. The van der Waals surface area contributed by atoms with Crippen molar-refractivity contribution in [3.8, 4) is 0 Å². The molecule has 3 heterocycles. The van der Waals surface area contributed by atoms with Crippen molar-refractivity contribution >= 4 is 0 Å². The van der Waals surface area contributed by atoms with Gasteiger partial charge in [-0.1, -0.05) is 6.92 Å². The number of piperazine rings is 1. The summed E-state index contributed by atoms with van der Waals surface area (Å²) in [4.78, 5) is 10.7. The van der Waals surface area contributed by atoms with Crippen molar-refractivity contribution in [2.75, 3.05) is 65.4 Å². The summed E-state index contributed by atoms with van der Waals surface area (Å²) in [5.74, 6) is 0.940. The van der Waals surface area contributed by atoms with Crippen molar-refractivity contribution in [3.05, 3.63) is 0 Å². The van der Waals surface area contributed by atoms with Gasteiger partial charge in [0.2, 0.25) is 0 Å². The Bertz CT molecular complexity index is 324. The van der Waals surface area contributed by atoms with Gasteiger partial charge in [0.1, 0.15) is 0 Å². The topological polar surface area (TPSA) is 13.0 Å². The quantitative estimate of drug-likeness (QED) is 0.762. The van der Waals surface area contributed by atoms with E-state index in [0.717, 1.165) is 18.0 Å². The van der Waals surface area contributed by atoms with Crippen molar-refractivity contribution in [1.82, 2.24) is 19.6 Å². The molecule has 3 fully saturated rings. The van der Waals surface area contributed by atoms with Crippen LogP contribution in [-0.4, -0.2) is 97.1 Å². The second-order valence-electron chi connectivity index (χ2n) is 7.92. The molecule has 0 bridgehead atoms. The van der Waals surface area contributed by atoms with Gasteiger partial charge in [0.05, 0.1) is 0 Å². The molecule has 0 N–H and O–H groups in total. The summed E-state index contributed by atoms with van der Waals surface area (Å²) in [6.07, 6.45) is 2.79. The summed E-state index contributed by atoms with van der Waals surface area (Å²) in [5.41, 5.74) is 0. The Morgan fingerprint density at radius 2 is 1.50 bits per heavy atom. The van der Waals surface area contributed by atoms with Crippen molar-refractivity contribution in [3.63, 3.8) is 0 Å². The number of hydrogen-bond acceptors (Lipinski definition) is 4. The average Bonchev–Trinajstić information content (AvgIpc) is 2.51. The van der Waals surface area contributed by atoms with E-state index in [1.54, 1.807) is 0 Å². The normalized spacial score (nSPS) is 28.4. The SMILES string of the molecule is CCN1CCC(N2CC(CN3CCN(C(C)C)CC3)C2)CC1. The molecule has 0 aromatic carbocycles. The van der Waals surface area contributed by atoms with Crippen LogP contribution in [0.5, 0.6) is 0 Å². The minimum atomic E-state index is 0.718. The zero-order valence-electron chi connectivity index (χ0n) is 15.0. The molecule has 0 aliphatic carbocycles. The van der Waals surface area contributed by atoms with Gasteiger partial charge in [-0.25, -0.2) is 0 Å². The fourth-order valence-corrected chi connectivity index (χ4v) is 4.45. The Hall–Kier alpha value is -0.160. The van der Waals surface area contributed by atoms with E-state index < -0.39 is 0 Å². The van der Waals surface area contributed by atoms with Crippen LogP contribution < -0.4 is 0 Å². The lowest BCUT2D eigenvalue weighted by atomic mass is 9.92. The highest BCUT2D eigenvalue weighted by Crippen LogP contribution is 2.26. The molecule has 0 radical (unpaired) electrons. The lowest BCUT2D eigenvalue weighted by molar-refractivity contribution is -0.00324. The zero-order chi connectivity index (χ0) is 15.5. The zero-order valence-corrected chi connectivity index (χ0v) is 15.0. The smallest absolute Gasteiger partial charge is 0.0120 e. The molecule has 3 aliphatic rings. The fourth-order valence-electron chi connectivity index (χ4n) is 4.45. The number of hydrogen-bond donors (Lipinski definition) is 0. The molecule has 0 saturated carbocycles. The Kier molecular flexibility index (Phi) is 5.77. The van der Waals surface area contributed by atoms with Crippen LogP contribution >= 0.6 is 0 Å². The van der Waals surface area contributed by atoms with Gasteiger partial charge in [-0.05, 0) is 52.2 Å². The molecule has 3 rings (SSSR count). The van der Waals surface area contributed by atoms with Crippen LogP contribution in [-0.2, 0) is 0 Å². The van der Waals surface area contributed by atoms with Crippen LogP contribution in [0.15, 0.2) is 0 Å². The summed E-state index contributed by atoms with van der Waals surface area (Å²) in [6.45, 7) is 20.0. The predicted octanol–water partition coefficient (Wildman–Crippen LogP) is 1.43. The average molecular weight is 309 g/mol. The van der Waals surface area contributed by atoms with Crippen LogP contribution in [0.3, 0.4) is 0 Å². The van der Waals surface area contributed by atoms with Gasteiger partial charge in [0.15, 0.2) is 0 Å². The Morgan fingerprint density at radius 1 is 0.864 bits per heavy atom. The van der Waals surface area contributed by atoms with Gasteiger partial charge < -0.3 is 9.80 Å². The van der Waals surface area contributed by atoms with Crippen LogP contribution in [0.4, 0.5) is 0 Å². The molecular formula is C18H36N4. The van der Waals surface area contributed by atoms with E-state index in [4.69, 9.17) is 0 Å². The van der Waals surface area contributed by atoms with Gasteiger partial charge in [-0.3, -0.25) is 9.80 Å². The highest BCUT2D eigenvalue weighted by atomic mass is 15.3. The number of likely N-dealkylation sites (tertiary alicyclic amines) is 2. The maximum atomic E-state index is 2.77. The van der Waals surface area contributed by atoms with Crippen LogP contribution in [0.2, 0.25) is 0 Å². The molecule has 0 spiro atoms. The van der Waals surface area contributed by atoms with Gasteiger partial charge in [-0.2, -0.15) is 0 Å². The summed E-state index contributed by atoms with van der Waals surface area (Å²) < 4.78 is 0. The lowest BCUT2D eigenvalue weighted by Gasteiger charge is -2.49. The second kappa shape index (κ2) is 7.61. The molecule has 0 amide bonds. The third kappa shape index (κ3) is 4.02. The van der Waals surface area contributed by atoms with Gasteiger partial charge >= 0.3 is 0 Å².